The van der Waals surface area contributed by atoms with Gasteiger partial charge < -0.3 is 10.8 Å². The standard InChI is InChI=1S/C13H20N2O3S/c1-15(12-6-7-19(17,18)9-12)8-13(16)10-2-4-11(14)5-3-10/h2-5,12-13,16H,6-9,14H2,1H3/t12-,13+/m0/s1. The summed E-state index contributed by atoms with van der Waals surface area (Å²) in [6.45, 7) is 0.421. The molecule has 2 rings (SSSR count). The quantitative estimate of drug-likeness (QED) is 0.783. The molecule has 1 aliphatic heterocycles. The van der Waals surface area contributed by atoms with Crippen molar-refractivity contribution < 1.29 is 13.5 Å². The van der Waals surface area contributed by atoms with Crippen LogP contribution in [0.15, 0.2) is 24.3 Å². The molecular formula is C13H20N2O3S. The molecule has 19 heavy (non-hydrogen) atoms. The molecule has 6 heteroatoms. The molecule has 0 aromatic heterocycles. The molecule has 0 amide bonds. The molecule has 0 bridgehead atoms. The van der Waals surface area contributed by atoms with E-state index < -0.39 is 15.9 Å². The first kappa shape index (κ1) is 14.3. The van der Waals surface area contributed by atoms with Gasteiger partial charge in [0, 0.05) is 18.3 Å². The second-order valence-electron chi connectivity index (χ2n) is 5.18. The summed E-state index contributed by atoms with van der Waals surface area (Å²) in [6.07, 6.45) is 0.0155. The molecule has 1 aromatic rings. The molecule has 3 N–H and O–H groups in total. The predicted molar refractivity (Wildman–Crippen MR) is 75.5 cm³/mol. The van der Waals surface area contributed by atoms with Gasteiger partial charge in [-0.3, -0.25) is 4.90 Å². The lowest BCUT2D eigenvalue weighted by Gasteiger charge is -2.25. The molecule has 0 spiro atoms. The normalized spacial score (nSPS) is 23.6. The molecule has 0 unspecified atom stereocenters. The minimum Gasteiger partial charge on any atom is -0.399 e. The number of anilines is 1. The first-order chi connectivity index (χ1) is 8.87. The number of likely N-dealkylation sites (N-methyl/N-ethyl adjacent to an activating group) is 1. The fraction of sp³-hybridized carbons (Fsp3) is 0.538. The molecule has 0 aliphatic carbocycles. The van der Waals surface area contributed by atoms with Gasteiger partial charge in [0.15, 0.2) is 9.84 Å². The minimum absolute atomic E-state index is 0.00781. The second-order valence-corrected chi connectivity index (χ2v) is 7.41. The van der Waals surface area contributed by atoms with Crippen molar-refractivity contribution in [3.05, 3.63) is 29.8 Å². The molecule has 0 saturated carbocycles. The van der Waals surface area contributed by atoms with E-state index in [0.717, 1.165) is 5.56 Å². The molecule has 106 valence electrons. The van der Waals surface area contributed by atoms with Crippen molar-refractivity contribution in [2.24, 2.45) is 0 Å². The maximum Gasteiger partial charge on any atom is 0.151 e. The summed E-state index contributed by atoms with van der Waals surface area (Å²) in [6, 6.07) is 7.09. The Balaban J connectivity index is 1.95. The lowest BCUT2D eigenvalue weighted by Crippen LogP contribution is -2.35. The molecule has 2 atom stereocenters. The largest absolute Gasteiger partial charge is 0.399 e. The van der Waals surface area contributed by atoms with Gasteiger partial charge in [0.2, 0.25) is 0 Å². The number of nitrogens with zero attached hydrogens (tertiary/aromatic N) is 1. The highest BCUT2D eigenvalue weighted by Crippen LogP contribution is 2.20. The summed E-state index contributed by atoms with van der Waals surface area (Å²) in [5.74, 6) is 0.442. The zero-order chi connectivity index (χ0) is 14.0. The first-order valence-corrected chi connectivity index (χ1v) is 8.14. The zero-order valence-electron chi connectivity index (χ0n) is 11.0. The van der Waals surface area contributed by atoms with Crippen molar-refractivity contribution in [2.75, 3.05) is 30.8 Å². The van der Waals surface area contributed by atoms with E-state index in [4.69, 9.17) is 5.73 Å². The van der Waals surface area contributed by atoms with E-state index >= 15 is 0 Å². The monoisotopic (exact) mass is 284 g/mol. The van der Waals surface area contributed by atoms with Crippen LogP contribution < -0.4 is 5.73 Å². The van der Waals surface area contributed by atoms with Crippen LogP contribution in [0.25, 0.3) is 0 Å². The van der Waals surface area contributed by atoms with Crippen molar-refractivity contribution in [1.82, 2.24) is 4.90 Å². The van der Waals surface area contributed by atoms with Crippen LogP contribution in [0.4, 0.5) is 5.69 Å². The minimum atomic E-state index is -2.89. The Kier molecular flexibility index (Phi) is 4.13. The summed E-state index contributed by atoms with van der Waals surface area (Å²) in [7, 11) is -1.03. The average molecular weight is 284 g/mol. The fourth-order valence-electron chi connectivity index (χ4n) is 2.37. The van der Waals surface area contributed by atoms with E-state index in [-0.39, 0.29) is 17.5 Å². The Morgan fingerprint density at radius 3 is 2.58 bits per heavy atom. The lowest BCUT2D eigenvalue weighted by atomic mass is 10.1. The number of rotatable bonds is 4. The molecule has 1 aliphatic rings. The van der Waals surface area contributed by atoms with Crippen molar-refractivity contribution in [3.8, 4) is 0 Å². The number of nitrogen functional groups attached to an aromatic ring is 1. The van der Waals surface area contributed by atoms with Gasteiger partial charge in [-0.1, -0.05) is 12.1 Å². The predicted octanol–water partition coefficient (Wildman–Crippen LogP) is 0.421. The van der Waals surface area contributed by atoms with E-state index in [2.05, 4.69) is 0 Å². The van der Waals surface area contributed by atoms with Gasteiger partial charge in [0.25, 0.3) is 0 Å². The highest BCUT2D eigenvalue weighted by atomic mass is 32.2. The van der Waals surface area contributed by atoms with Gasteiger partial charge in [-0.05, 0) is 31.2 Å². The van der Waals surface area contributed by atoms with Crippen molar-refractivity contribution in [2.45, 2.75) is 18.6 Å². The van der Waals surface area contributed by atoms with E-state index in [0.29, 0.717) is 18.7 Å². The van der Waals surface area contributed by atoms with Crippen LogP contribution in [0.1, 0.15) is 18.1 Å². The second kappa shape index (κ2) is 5.48. The average Bonchev–Trinajstić information content (AvgIpc) is 2.70. The van der Waals surface area contributed by atoms with E-state index in [1.54, 1.807) is 24.3 Å². The molecule has 1 saturated heterocycles. The number of aliphatic hydroxyl groups excluding tert-OH is 1. The molecule has 1 aromatic carbocycles. The highest BCUT2D eigenvalue weighted by Gasteiger charge is 2.31. The topological polar surface area (TPSA) is 83.6 Å². The third-order valence-corrected chi connectivity index (χ3v) is 5.36. The zero-order valence-corrected chi connectivity index (χ0v) is 11.8. The highest BCUT2D eigenvalue weighted by molar-refractivity contribution is 7.91. The van der Waals surface area contributed by atoms with Crippen LogP contribution in [0, 0.1) is 0 Å². The van der Waals surface area contributed by atoms with E-state index in [1.165, 1.54) is 0 Å². The van der Waals surface area contributed by atoms with Crippen LogP contribution in [0.3, 0.4) is 0 Å². The number of nitrogens with two attached hydrogens (primary N) is 1. The number of hydrogen-bond donors (Lipinski definition) is 2. The number of benzene rings is 1. The molecule has 5 nitrogen and oxygen atoms in total. The number of aliphatic hydroxyl groups is 1. The Morgan fingerprint density at radius 2 is 2.05 bits per heavy atom. The maximum absolute atomic E-state index is 11.4. The van der Waals surface area contributed by atoms with Gasteiger partial charge in [0.1, 0.15) is 0 Å². The van der Waals surface area contributed by atoms with Crippen molar-refractivity contribution in [3.63, 3.8) is 0 Å². The van der Waals surface area contributed by atoms with Crippen LogP contribution >= 0.6 is 0 Å². The Labute approximate surface area is 113 Å². The number of hydrogen-bond acceptors (Lipinski definition) is 5. The smallest absolute Gasteiger partial charge is 0.151 e. The lowest BCUT2D eigenvalue weighted by molar-refractivity contribution is 0.110. The van der Waals surface area contributed by atoms with Gasteiger partial charge in [0.05, 0.1) is 17.6 Å². The summed E-state index contributed by atoms with van der Waals surface area (Å²) < 4.78 is 22.9. The van der Waals surface area contributed by atoms with Gasteiger partial charge >= 0.3 is 0 Å². The fourth-order valence-corrected chi connectivity index (χ4v) is 4.17. The van der Waals surface area contributed by atoms with Crippen LogP contribution in [-0.2, 0) is 9.84 Å². The third kappa shape index (κ3) is 3.68. The Morgan fingerprint density at radius 1 is 1.42 bits per heavy atom. The first-order valence-electron chi connectivity index (χ1n) is 6.31. The Bertz CT molecular complexity index is 527. The molecule has 1 heterocycles. The third-order valence-electron chi connectivity index (χ3n) is 3.61. The molecule has 0 radical (unpaired) electrons. The van der Waals surface area contributed by atoms with E-state index in [1.807, 2.05) is 11.9 Å². The van der Waals surface area contributed by atoms with Crippen LogP contribution in [-0.4, -0.2) is 49.6 Å². The van der Waals surface area contributed by atoms with Crippen LogP contribution in [0.5, 0.6) is 0 Å². The van der Waals surface area contributed by atoms with Crippen molar-refractivity contribution >= 4 is 15.5 Å². The molecule has 1 fully saturated rings. The molecular weight excluding hydrogens is 264 g/mol. The summed E-state index contributed by atoms with van der Waals surface area (Å²) in [5.41, 5.74) is 7.05. The summed E-state index contributed by atoms with van der Waals surface area (Å²) >= 11 is 0. The van der Waals surface area contributed by atoms with Crippen LogP contribution in [0.2, 0.25) is 0 Å². The van der Waals surface area contributed by atoms with Gasteiger partial charge in [-0.15, -0.1) is 0 Å². The summed E-state index contributed by atoms with van der Waals surface area (Å²) in [4.78, 5) is 1.92. The number of sulfone groups is 1. The maximum atomic E-state index is 11.4. The SMILES string of the molecule is CN(C[C@@H](O)c1ccc(N)cc1)[C@H]1CCS(=O)(=O)C1. The van der Waals surface area contributed by atoms with Crippen molar-refractivity contribution in [1.29, 1.82) is 0 Å². The van der Waals surface area contributed by atoms with Gasteiger partial charge in [-0.2, -0.15) is 0 Å². The summed E-state index contributed by atoms with van der Waals surface area (Å²) in [5, 5.41) is 10.1. The Hall–Kier alpha value is -1.11. The van der Waals surface area contributed by atoms with Gasteiger partial charge in [-0.25, -0.2) is 8.42 Å². The van der Waals surface area contributed by atoms with E-state index in [9.17, 15) is 13.5 Å².